The van der Waals surface area contributed by atoms with Crippen LogP contribution in [-0.4, -0.2) is 49.1 Å². The van der Waals surface area contributed by atoms with Gasteiger partial charge in [0.1, 0.15) is 17.0 Å². The van der Waals surface area contributed by atoms with Gasteiger partial charge >= 0.3 is 5.97 Å². The van der Waals surface area contributed by atoms with Gasteiger partial charge in [0.15, 0.2) is 0 Å². The smallest absolute Gasteiger partial charge is 0.337 e. The molecule has 1 fully saturated rings. The Morgan fingerprint density at radius 1 is 1.16 bits per heavy atom. The van der Waals surface area contributed by atoms with Gasteiger partial charge in [-0.05, 0) is 60.2 Å². The molecule has 3 heterocycles. The second kappa shape index (κ2) is 11.2. The van der Waals surface area contributed by atoms with Crippen molar-refractivity contribution in [2.75, 3.05) is 24.9 Å². The maximum atomic E-state index is 16.0. The molecule has 2 aromatic carbocycles. The van der Waals surface area contributed by atoms with Gasteiger partial charge in [-0.25, -0.2) is 9.18 Å². The van der Waals surface area contributed by atoms with Crippen molar-refractivity contribution in [3.63, 3.8) is 0 Å². The van der Waals surface area contributed by atoms with Crippen LogP contribution in [0, 0.1) is 18.2 Å². The van der Waals surface area contributed by atoms with E-state index < -0.39 is 41.1 Å². The predicted molar refractivity (Wildman–Crippen MR) is 161 cm³/mol. The van der Waals surface area contributed by atoms with Crippen molar-refractivity contribution in [3.05, 3.63) is 81.9 Å². The normalized spacial score (nSPS) is 22.7. The van der Waals surface area contributed by atoms with Gasteiger partial charge in [0.05, 0.1) is 47.9 Å². The van der Waals surface area contributed by atoms with Crippen LogP contribution in [0.3, 0.4) is 0 Å². The fraction of sp³-hybridized carbons (Fsp3) is 0.375. The molecule has 0 unspecified atom stereocenters. The number of anilines is 2. The molecule has 1 saturated heterocycles. The zero-order chi connectivity index (χ0) is 31.3. The van der Waals surface area contributed by atoms with Crippen LogP contribution < -0.4 is 20.7 Å². The molecule has 1 spiro atoms. The van der Waals surface area contributed by atoms with Crippen molar-refractivity contribution in [1.29, 1.82) is 0 Å². The number of amides is 2. The number of fused-ring (bicyclic) bond motifs is 2. The number of esters is 1. The molecule has 2 aliphatic rings. The molecule has 3 aromatic rings. The number of nitrogens with one attached hydrogen (secondary N) is 3. The standard InChI is InChI=1S/C32H34ClFN4O5/c1-16-12-21-27(35-15-16)32(30(41)37-21)23(14-31(2,3)4)38-26(24(32)18-8-7-9-19(33)25(18)34)28(39)36-20-11-10-17(29(40)43-6)13-22(20)42-5/h7-13,15,23-24,26,38H,14H2,1-6H3,(H,36,39)(H,37,41)/t23-,24-,26+,32+/m0/s1. The van der Waals surface area contributed by atoms with Gasteiger partial charge in [-0.3, -0.25) is 14.6 Å². The molecule has 4 atom stereocenters. The lowest BCUT2D eigenvalue weighted by Crippen LogP contribution is -2.50. The van der Waals surface area contributed by atoms with Crippen LogP contribution >= 0.6 is 11.6 Å². The topological polar surface area (TPSA) is 119 Å². The molecule has 0 bridgehead atoms. The number of aryl methyl sites for hydroxylation is 1. The zero-order valence-corrected chi connectivity index (χ0v) is 25.6. The maximum absolute atomic E-state index is 16.0. The van der Waals surface area contributed by atoms with Crippen molar-refractivity contribution in [2.45, 2.75) is 57.5 Å². The summed E-state index contributed by atoms with van der Waals surface area (Å²) in [5, 5.41) is 9.15. The highest BCUT2D eigenvalue weighted by Gasteiger charge is 2.67. The highest BCUT2D eigenvalue weighted by atomic mass is 35.5. The molecular formula is C32H34ClFN4O5. The van der Waals surface area contributed by atoms with Gasteiger partial charge in [0.25, 0.3) is 0 Å². The minimum atomic E-state index is -1.44. The summed E-state index contributed by atoms with van der Waals surface area (Å²) in [5.41, 5.74) is 0.734. The molecule has 0 saturated carbocycles. The SMILES string of the molecule is COC(=O)c1ccc(NC(=O)[C@@H]2N[C@@H](CC(C)(C)C)[C@@]3(C(=O)Nc4cc(C)cnc43)[C@H]2c2cccc(Cl)c2F)c(OC)c1. The van der Waals surface area contributed by atoms with Crippen LogP contribution in [0.1, 0.15) is 60.3 Å². The molecule has 11 heteroatoms. The number of halogens is 2. The van der Waals surface area contributed by atoms with Crippen LogP contribution in [0.4, 0.5) is 15.8 Å². The number of aromatic nitrogens is 1. The molecule has 1 aromatic heterocycles. The number of pyridine rings is 1. The summed E-state index contributed by atoms with van der Waals surface area (Å²) in [4.78, 5) is 45.3. The first kappa shape index (κ1) is 30.4. The molecule has 2 amide bonds. The van der Waals surface area contributed by atoms with Gasteiger partial charge in [-0.2, -0.15) is 0 Å². The molecule has 9 nitrogen and oxygen atoms in total. The molecule has 0 radical (unpaired) electrons. The van der Waals surface area contributed by atoms with Crippen molar-refractivity contribution in [2.24, 2.45) is 5.41 Å². The van der Waals surface area contributed by atoms with E-state index in [0.717, 1.165) is 5.56 Å². The minimum absolute atomic E-state index is 0.120. The van der Waals surface area contributed by atoms with Crippen molar-refractivity contribution < 1.29 is 28.2 Å². The van der Waals surface area contributed by atoms with Gasteiger partial charge in [-0.15, -0.1) is 0 Å². The number of nitrogens with zero attached hydrogens (tertiary/aromatic N) is 1. The van der Waals surface area contributed by atoms with E-state index >= 15 is 4.39 Å². The number of hydrogen-bond donors (Lipinski definition) is 3. The number of benzene rings is 2. The number of ether oxygens (including phenoxy) is 2. The maximum Gasteiger partial charge on any atom is 0.337 e. The zero-order valence-electron chi connectivity index (χ0n) is 24.8. The van der Waals surface area contributed by atoms with Crippen LogP contribution in [0.5, 0.6) is 5.75 Å². The van der Waals surface area contributed by atoms with E-state index in [9.17, 15) is 14.4 Å². The van der Waals surface area contributed by atoms with E-state index in [-0.39, 0.29) is 38.9 Å². The summed E-state index contributed by atoms with van der Waals surface area (Å²) in [6, 6.07) is 9.19. The van der Waals surface area contributed by atoms with Crippen LogP contribution in [0.25, 0.3) is 0 Å². The summed E-state index contributed by atoms with van der Waals surface area (Å²) < 4.78 is 26.2. The fourth-order valence-corrected chi connectivity index (χ4v) is 6.54. The average Bonchev–Trinajstić information content (AvgIpc) is 3.43. The lowest BCUT2D eigenvalue weighted by atomic mass is 9.64. The highest BCUT2D eigenvalue weighted by molar-refractivity contribution is 6.30. The van der Waals surface area contributed by atoms with E-state index in [1.165, 1.54) is 38.5 Å². The molecule has 43 heavy (non-hydrogen) atoms. The largest absolute Gasteiger partial charge is 0.495 e. The summed E-state index contributed by atoms with van der Waals surface area (Å²) in [7, 11) is 2.68. The first-order chi connectivity index (χ1) is 20.3. The highest BCUT2D eigenvalue weighted by Crippen LogP contribution is 2.56. The third-order valence-corrected chi connectivity index (χ3v) is 8.38. The second-order valence-corrected chi connectivity index (χ2v) is 12.6. The van der Waals surface area contributed by atoms with Gasteiger partial charge in [-0.1, -0.05) is 44.5 Å². The number of carbonyl (C=O) groups is 3. The summed E-state index contributed by atoms with van der Waals surface area (Å²) >= 11 is 6.27. The molecule has 2 aliphatic heterocycles. The molecular weight excluding hydrogens is 575 g/mol. The van der Waals surface area contributed by atoms with Crippen LogP contribution in [0.2, 0.25) is 5.02 Å². The Kier molecular flexibility index (Phi) is 7.96. The van der Waals surface area contributed by atoms with Crippen molar-refractivity contribution in [3.8, 4) is 5.75 Å². The van der Waals surface area contributed by atoms with Crippen molar-refractivity contribution in [1.82, 2.24) is 10.3 Å². The van der Waals surface area contributed by atoms with Gasteiger partial charge in [0.2, 0.25) is 11.8 Å². The summed E-state index contributed by atoms with van der Waals surface area (Å²) in [6.45, 7) is 7.98. The Hall–Kier alpha value is -4.02. The predicted octanol–water partition coefficient (Wildman–Crippen LogP) is 5.37. The fourth-order valence-electron chi connectivity index (χ4n) is 6.36. The molecule has 3 N–H and O–H groups in total. The van der Waals surface area contributed by atoms with Gasteiger partial charge in [0, 0.05) is 18.2 Å². The van der Waals surface area contributed by atoms with Crippen LogP contribution in [0.15, 0.2) is 48.7 Å². The Labute approximate surface area is 254 Å². The lowest BCUT2D eigenvalue weighted by Gasteiger charge is -2.37. The van der Waals surface area contributed by atoms with E-state index in [2.05, 4.69) is 16.0 Å². The average molecular weight is 609 g/mol. The number of carbonyl (C=O) groups excluding carboxylic acids is 3. The van der Waals surface area contributed by atoms with Gasteiger partial charge < -0.3 is 25.4 Å². The monoisotopic (exact) mass is 608 g/mol. The van der Waals surface area contributed by atoms with Crippen LogP contribution in [-0.2, 0) is 19.7 Å². The van der Waals surface area contributed by atoms with E-state index in [4.69, 9.17) is 26.1 Å². The second-order valence-electron chi connectivity index (χ2n) is 12.2. The van der Waals surface area contributed by atoms with E-state index in [0.29, 0.717) is 17.8 Å². The summed E-state index contributed by atoms with van der Waals surface area (Å²) in [6.07, 6.45) is 2.14. The first-order valence-electron chi connectivity index (χ1n) is 13.9. The summed E-state index contributed by atoms with van der Waals surface area (Å²) in [5.74, 6) is -2.99. The number of rotatable bonds is 6. The molecule has 0 aliphatic carbocycles. The lowest BCUT2D eigenvalue weighted by molar-refractivity contribution is -0.122. The molecule has 226 valence electrons. The first-order valence-corrected chi connectivity index (χ1v) is 14.3. The Morgan fingerprint density at radius 3 is 2.58 bits per heavy atom. The van der Waals surface area contributed by atoms with Crippen molar-refractivity contribution >= 4 is 40.8 Å². The third kappa shape index (κ3) is 5.23. The Balaban J connectivity index is 1.68. The molecule has 5 rings (SSSR count). The third-order valence-electron chi connectivity index (χ3n) is 8.09. The number of hydrogen-bond acceptors (Lipinski definition) is 7. The van der Waals surface area contributed by atoms with E-state index in [1.807, 2.05) is 33.8 Å². The Bertz CT molecular complexity index is 1620. The van der Waals surface area contributed by atoms with E-state index in [1.54, 1.807) is 18.3 Å². The number of methoxy groups -OCH3 is 2. The minimum Gasteiger partial charge on any atom is -0.495 e. The quantitative estimate of drug-likeness (QED) is 0.322. The Morgan fingerprint density at radius 2 is 1.91 bits per heavy atom.